The Morgan fingerprint density at radius 3 is 1.39 bits per heavy atom. The monoisotopic (exact) mass is 288 g/mol. The summed E-state index contributed by atoms with van der Waals surface area (Å²) in [6.07, 6.45) is 0. The first-order valence-electron chi connectivity index (χ1n) is 4.69. The molecule has 0 radical (unpaired) electrons. The number of hydrogen-bond donors (Lipinski definition) is 0. The van der Waals surface area contributed by atoms with E-state index in [0.29, 0.717) is 0 Å². The van der Waals surface area contributed by atoms with Crippen LogP contribution in [-0.2, 0) is 19.1 Å². The van der Waals surface area contributed by atoms with Gasteiger partial charge in [0.2, 0.25) is 11.1 Å². The number of carbonyl (C=O) groups is 2. The third-order valence-corrected chi connectivity index (χ3v) is 2.83. The Morgan fingerprint density at radius 1 is 0.944 bits per heavy atom. The topological polar surface area (TPSA) is 77.3 Å². The molecule has 0 aromatic rings. The summed E-state index contributed by atoms with van der Waals surface area (Å²) in [7, 11) is 2.30. The fraction of sp³-hybridized carbons (Fsp3) is 0.600. The highest BCUT2D eigenvalue weighted by molar-refractivity contribution is 7.78. The first kappa shape index (κ1) is 16.5. The maximum Gasteiger partial charge on any atom is 0.337 e. The first-order valence-corrected chi connectivity index (χ1v) is 5.50. The van der Waals surface area contributed by atoms with Crippen LogP contribution in [0, 0.1) is 0 Å². The van der Waals surface area contributed by atoms with Crippen molar-refractivity contribution in [3.8, 4) is 0 Å². The van der Waals surface area contributed by atoms with Crippen LogP contribution in [0.15, 0.2) is 9.98 Å². The lowest BCUT2D eigenvalue weighted by Crippen LogP contribution is -2.58. The molecule has 0 bridgehead atoms. The molecular formula is C10H12N2O4S2. The van der Waals surface area contributed by atoms with Crippen molar-refractivity contribution in [1.82, 2.24) is 0 Å². The van der Waals surface area contributed by atoms with Crippen molar-refractivity contribution >= 4 is 46.7 Å². The smallest absolute Gasteiger partial charge is 0.337 e. The molecule has 0 rings (SSSR count). The minimum absolute atomic E-state index is 0.818. The number of carbonyl (C=O) groups excluding carboxylic acids is 2. The van der Waals surface area contributed by atoms with Gasteiger partial charge in [-0.05, 0) is 38.3 Å². The fourth-order valence-electron chi connectivity index (χ4n) is 1.29. The van der Waals surface area contributed by atoms with Crippen molar-refractivity contribution < 1.29 is 19.1 Å². The van der Waals surface area contributed by atoms with Gasteiger partial charge in [-0.2, -0.15) is 0 Å². The molecule has 0 aromatic heterocycles. The van der Waals surface area contributed by atoms with Crippen molar-refractivity contribution in [3.05, 3.63) is 0 Å². The zero-order valence-electron chi connectivity index (χ0n) is 10.3. The molecule has 6 nitrogen and oxygen atoms in total. The van der Waals surface area contributed by atoms with E-state index in [-0.39, 0.29) is 0 Å². The van der Waals surface area contributed by atoms with Crippen LogP contribution in [0.5, 0.6) is 0 Å². The highest BCUT2D eigenvalue weighted by Crippen LogP contribution is 2.32. The number of isothiocyanates is 2. The predicted octanol–water partition coefficient (Wildman–Crippen LogP) is 1.06. The van der Waals surface area contributed by atoms with E-state index in [4.69, 9.17) is 0 Å². The number of esters is 2. The van der Waals surface area contributed by atoms with Crippen LogP contribution in [0.25, 0.3) is 0 Å². The molecule has 0 aromatic carbocycles. The normalized spacial score (nSPS) is 16.0. The third-order valence-electron chi connectivity index (χ3n) is 2.65. The minimum Gasteiger partial charge on any atom is -0.467 e. The largest absolute Gasteiger partial charge is 0.467 e. The molecule has 0 heterocycles. The fourth-order valence-corrected chi connectivity index (χ4v) is 1.65. The van der Waals surface area contributed by atoms with Crippen LogP contribution in [-0.4, -0.2) is 47.6 Å². The van der Waals surface area contributed by atoms with Crippen molar-refractivity contribution in [2.75, 3.05) is 14.2 Å². The van der Waals surface area contributed by atoms with Crippen molar-refractivity contribution in [2.24, 2.45) is 9.98 Å². The van der Waals surface area contributed by atoms with E-state index in [9.17, 15) is 9.59 Å². The SMILES string of the molecule is COC(=O)[C@](C)(N=C=S)[C@@](C)(N=C=S)C(=O)OC. The van der Waals surface area contributed by atoms with Crippen molar-refractivity contribution in [3.63, 3.8) is 0 Å². The maximum atomic E-state index is 11.8. The lowest BCUT2D eigenvalue weighted by Gasteiger charge is -2.33. The molecule has 98 valence electrons. The van der Waals surface area contributed by atoms with Crippen molar-refractivity contribution in [1.29, 1.82) is 0 Å². The number of thiocarbonyl (C=S) groups is 2. The third kappa shape index (κ3) is 2.68. The van der Waals surface area contributed by atoms with Gasteiger partial charge in [-0.3, -0.25) is 0 Å². The van der Waals surface area contributed by atoms with Crippen LogP contribution in [0.1, 0.15) is 13.8 Å². The molecule has 0 aliphatic rings. The van der Waals surface area contributed by atoms with Gasteiger partial charge in [-0.15, -0.1) is 0 Å². The molecule has 0 amide bonds. The second-order valence-corrected chi connectivity index (χ2v) is 3.90. The lowest BCUT2D eigenvalue weighted by atomic mass is 9.80. The van der Waals surface area contributed by atoms with E-state index in [1.54, 1.807) is 0 Å². The zero-order valence-corrected chi connectivity index (χ0v) is 12.0. The van der Waals surface area contributed by atoms with Gasteiger partial charge >= 0.3 is 11.9 Å². The average molecular weight is 288 g/mol. The quantitative estimate of drug-likeness (QED) is 0.427. The van der Waals surface area contributed by atoms with Gasteiger partial charge in [-0.1, -0.05) is 0 Å². The molecule has 0 unspecified atom stereocenters. The second-order valence-electron chi connectivity index (χ2n) is 3.53. The molecular weight excluding hydrogens is 276 g/mol. The molecule has 18 heavy (non-hydrogen) atoms. The Labute approximate surface area is 115 Å². The molecule has 0 aliphatic carbocycles. The number of ether oxygens (including phenoxy) is 2. The maximum absolute atomic E-state index is 11.8. The molecule has 0 fully saturated rings. The number of hydrogen-bond acceptors (Lipinski definition) is 8. The summed E-state index contributed by atoms with van der Waals surface area (Å²) >= 11 is 8.96. The number of rotatable bonds is 5. The predicted molar refractivity (Wildman–Crippen MR) is 70.9 cm³/mol. The Bertz CT molecular complexity index is 413. The Hall–Kier alpha value is -1.46. The van der Waals surface area contributed by atoms with Crippen LogP contribution < -0.4 is 0 Å². The molecule has 8 heteroatoms. The Balaban J connectivity index is 6.12. The van der Waals surface area contributed by atoms with Gasteiger partial charge < -0.3 is 9.47 Å². The summed E-state index contributed by atoms with van der Waals surface area (Å²) in [5.41, 5.74) is -3.47. The number of methoxy groups -OCH3 is 2. The van der Waals surface area contributed by atoms with Gasteiger partial charge in [-0.25, -0.2) is 19.6 Å². The highest BCUT2D eigenvalue weighted by atomic mass is 32.1. The second kappa shape index (κ2) is 6.47. The van der Waals surface area contributed by atoms with Gasteiger partial charge in [0.05, 0.1) is 24.5 Å². The van der Waals surface area contributed by atoms with E-state index in [2.05, 4.69) is 43.9 Å². The Kier molecular flexibility index (Phi) is 5.94. The molecule has 0 saturated heterocycles. The zero-order chi connectivity index (χ0) is 14.4. The lowest BCUT2D eigenvalue weighted by molar-refractivity contribution is -0.159. The van der Waals surface area contributed by atoms with Gasteiger partial charge in [0.25, 0.3) is 0 Å². The highest BCUT2D eigenvalue weighted by Gasteiger charge is 2.58. The van der Waals surface area contributed by atoms with Gasteiger partial charge in [0, 0.05) is 0 Å². The van der Waals surface area contributed by atoms with Crippen LogP contribution >= 0.6 is 24.4 Å². The van der Waals surface area contributed by atoms with Gasteiger partial charge in [0.15, 0.2) is 0 Å². The van der Waals surface area contributed by atoms with E-state index in [1.807, 2.05) is 10.3 Å². The molecule has 0 N–H and O–H groups in total. The summed E-state index contributed by atoms with van der Waals surface area (Å²) in [5.74, 6) is -1.64. The molecule has 0 spiro atoms. The molecule has 0 aliphatic heterocycles. The summed E-state index contributed by atoms with van der Waals surface area (Å²) < 4.78 is 9.21. The summed E-state index contributed by atoms with van der Waals surface area (Å²) in [6, 6.07) is 0. The van der Waals surface area contributed by atoms with Crippen molar-refractivity contribution in [2.45, 2.75) is 24.9 Å². The van der Waals surface area contributed by atoms with Crippen LogP contribution in [0.3, 0.4) is 0 Å². The minimum atomic E-state index is -1.73. The first-order chi connectivity index (χ1) is 8.33. The molecule has 2 atom stereocenters. The van der Waals surface area contributed by atoms with E-state index in [0.717, 1.165) is 14.2 Å². The van der Waals surface area contributed by atoms with E-state index < -0.39 is 23.0 Å². The Morgan fingerprint density at radius 2 is 1.22 bits per heavy atom. The number of aliphatic imine (C=N–C) groups is 2. The van der Waals surface area contributed by atoms with Crippen LogP contribution in [0.2, 0.25) is 0 Å². The molecule has 0 saturated carbocycles. The summed E-state index contributed by atoms with van der Waals surface area (Å²) in [5, 5.41) is 4.09. The summed E-state index contributed by atoms with van der Waals surface area (Å²) in [4.78, 5) is 31.1. The number of nitrogens with zero attached hydrogens (tertiary/aromatic N) is 2. The average Bonchev–Trinajstić information content (AvgIpc) is 2.36. The standard InChI is InChI=1S/C10H12N2O4S2/c1-9(11-5-17,7(13)15-3)10(2,12-6-18)8(14)16-4/h1-4H3/t9-,10-/m0/s1. The summed E-state index contributed by atoms with van der Waals surface area (Å²) in [6.45, 7) is 2.65. The van der Waals surface area contributed by atoms with Gasteiger partial charge in [0.1, 0.15) is 0 Å². The van der Waals surface area contributed by atoms with E-state index >= 15 is 0 Å². The van der Waals surface area contributed by atoms with E-state index in [1.165, 1.54) is 13.8 Å². The van der Waals surface area contributed by atoms with Crippen LogP contribution in [0.4, 0.5) is 0 Å².